The van der Waals surface area contributed by atoms with Crippen molar-refractivity contribution in [2.24, 2.45) is 0 Å². The van der Waals surface area contributed by atoms with Gasteiger partial charge in [-0.3, -0.25) is 4.31 Å². The van der Waals surface area contributed by atoms with Crippen LogP contribution in [0.3, 0.4) is 0 Å². The molecule has 5 heteroatoms. The number of hydrogen-bond acceptors (Lipinski definition) is 3. The summed E-state index contributed by atoms with van der Waals surface area (Å²) in [6.07, 6.45) is 1.41. The highest BCUT2D eigenvalue weighted by molar-refractivity contribution is 7.93. The smallest absolute Gasteiger partial charge is 0.264 e. The largest absolute Gasteiger partial charge is 0.266 e. The Balaban J connectivity index is 1.79. The molecule has 2 aromatic carbocycles. The molecule has 0 spiro atoms. The minimum absolute atomic E-state index is 0.420. The Hall–Kier alpha value is -2.11. The summed E-state index contributed by atoms with van der Waals surface area (Å²) in [5.74, 6) is 0. The molecule has 0 N–H and O–H groups in total. The minimum atomic E-state index is -3.56. The third-order valence-electron chi connectivity index (χ3n) is 4.57. The minimum Gasteiger partial charge on any atom is -0.266 e. The van der Waals surface area contributed by atoms with E-state index in [1.807, 2.05) is 54.8 Å². The molecule has 128 valence electrons. The molecule has 25 heavy (non-hydrogen) atoms. The van der Waals surface area contributed by atoms with Crippen LogP contribution in [0.4, 0.5) is 5.69 Å². The van der Waals surface area contributed by atoms with Crippen molar-refractivity contribution in [1.29, 1.82) is 0 Å². The lowest BCUT2D eigenvalue weighted by molar-refractivity contribution is 0.591. The second-order valence-electron chi connectivity index (χ2n) is 6.32. The van der Waals surface area contributed by atoms with Gasteiger partial charge in [0.2, 0.25) is 0 Å². The Labute approximate surface area is 152 Å². The molecule has 2 heterocycles. The average Bonchev–Trinajstić information content (AvgIpc) is 3.24. The summed E-state index contributed by atoms with van der Waals surface area (Å²) in [6, 6.07) is 17.4. The third-order valence-corrected chi connectivity index (χ3v) is 7.36. The Morgan fingerprint density at radius 1 is 1.08 bits per heavy atom. The normalized spacial score (nSPS) is 13.9. The molecule has 0 amide bonds. The number of aryl methyl sites for hydroxylation is 1. The topological polar surface area (TPSA) is 37.4 Å². The van der Waals surface area contributed by atoms with Gasteiger partial charge in [0.1, 0.15) is 0 Å². The highest BCUT2D eigenvalue weighted by atomic mass is 32.2. The first-order valence-electron chi connectivity index (χ1n) is 8.28. The zero-order chi connectivity index (χ0) is 17.4. The number of anilines is 1. The molecular formula is C20H19NO2S2. The van der Waals surface area contributed by atoms with E-state index in [0.29, 0.717) is 17.9 Å². The lowest BCUT2D eigenvalue weighted by Gasteiger charge is -2.21. The summed E-state index contributed by atoms with van der Waals surface area (Å²) in [4.78, 5) is 1.59. The number of fused-ring (bicyclic) bond motifs is 1. The van der Waals surface area contributed by atoms with Crippen LogP contribution in [0.5, 0.6) is 0 Å². The van der Waals surface area contributed by atoms with E-state index in [4.69, 9.17) is 0 Å². The Kier molecular flexibility index (Phi) is 4.13. The Morgan fingerprint density at radius 2 is 1.92 bits per heavy atom. The first-order chi connectivity index (χ1) is 12.1. The van der Waals surface area contributed by atoms with Gasteiger partial charge in [0.05, 0.1) is 10.6 Å². The monoisotopic (exact) mass is 369 g/mol. The average molecular weight is 370 g/mol. The second kappa shape index (κ2) is 6.32. The molecule has 3 nitrogen and oxygen atoms in total. The van der Waals surface area contributed by atoms with Crippen molar-refractivity contribution in [3.63, 3.8) is 0 Å². The summed E-state index contributed by atoms with van der Waals surface area (Å²) in [6.45, 7) is 2.51. The predicted octanol–water partition coefficient (Wildman–Crippen LogP) is 4.40. The number of benzene rings is 2. The third kappa shape index (κ3) is 2.98. The first kappa shape index (κ1) is 16.4. The van der Waals surface area contributed by atoms with Gasteiger partial charge in [0.25, 0.3) is 10.0 Å². The molecule has 1 aliphatic rings. The number of sulfonamides is 1. The van der Waals surface area contributed by atoms with E-state index in [1.54, 1.807) is 21.7 Å². The summed E-state index contributed by atoms with van der Waals surface area (Å²) in [5.41, 5.74) is 3.85. The van der Waals surface area contributed by atoms with Gasteiger partial charge in [-0.25, -0.2) is 8.42 Å². The standard InChI is InChI=1S/C20H19NO2S2/c1-15-8-9-20(17(13-15)14-18-6-4-12-24-18)25(22,23)21-11-10-16-5-2-3-7-19(16)21/h2-9,12-13H,10-11,14H2,1H3. The molecule has 0 bridgehead atoms. The molecule has 3 aromatic rings. The summed E-state index contributed by atoms with van der Waals surface area (Å²) < 4.78 is 28.3. The Bertz CT molecular complexity index is 1010. The molecule has 4 rings (SSSR count). The lowest BCUT2D eigenvalue weighted by Crippen LogP contribution is -2.30. The molecule has 1 aromatic heterocycles. The number of hydrogen-bond donors (Lipinski definition) is 0. The van der Waals surface area contributed by atoms with Crippen molar-refractivity contribution in [2.45, 2.75) is 24.7 Å². The van der Waals surface area contributed by atoms with E-state index in [9.17, 15) is 8.42 Å². The van der Waals surface area contributed by atoms with E-state index in [1.165, 1.54) is 4.88 Å². The van der Waals surface area contributed by atoms with Gasteiger partial charge in [0.15, 0.2) is 0 Å². The van der Waals surface area contributed by atoms with Crippen LogP contribution in [-0.2, 0) is 22.9 Å². The van der Waals surface area contributed by atoms with Crippen LogP contribution < -0.4 is 4.31 Å². The lowest BCUT2D eigenvalue weighted by atomic mass is 10.1. The van der Waals surface area contributed by atoms with Crippen molar-refractivity contribution in [2.75, 3.05) is 10.8 Å². The van der Waals surface area contributed by atoms with Crippen molar-refractivity contribution >= 4 is 27.0 Å². The maximum Gasteiger partial charge on any atom is 0.264 e. The summed E-state index contributed by atoms with van der Waals surface area (Å²) >= 11 is 1.66. The number of thiophene rings is 1. The van der Waals surface area contributed by atoms with Crippen LogP contribution in [0.25, 0.3) is 0 Å². The van der Waals surface area contributed by atoms with Crippen LogP contribution >= 0.6 is 11.3 Å². The fraction of sp³-hybridized carbons (Fsp3) is 0.200. The predicted molar refractivity (Wildman–Crippen MR) is 103 cm³/mol. The SMILES string of the molecule is Cc1ccc(S(=O)(=O)N2CCc3ccccc32)c(Cc2cccs2)c1. The van der Waals surface area contributed by atoms with Gasteiger partial charge in [-0.1, -0.05) is 42.0 Å². The summed E-state index contributed by atoms with van der Waals surface area (Å²) in [5, 5.41) is 2.02. The fourth-order valence-corrected chi connectivity index (χ4v) is 5.81. The van der Waals surface area contributed by atoms with E-state index < -0.39 is 10.0 Å². The summed E-state index contributed by atoms with van der Waals surface area (Å²) in [7, 11) is -3.56. The van der Waals surface area contributed by atoms with Crippen LogP contribution in [0.2, 0.25) is 0 Å². The zero-order valence-corrected chi connectivity index (χ0v) is 15.6. The molecular weight excluding hydrogens is 350 g/mol. The van der Waals surface area contributed by atoms with E-state index in [0.717, 1.165) is 28.8 Å². The number of rotatable bonds is 4. The zero-order valence-electron chi connectivity index (χ0n) is 14.0. The van der Waals surface area contributed by atoms with E-state index in [2.05, 4.69) is 6.07 Å². The van der Waals surface area contributed by atoms with Crippen LogP contribution in [0.15, 0.2) is 64.9 Å². The maximum atomic E-state index is 13.4. The van der Waals surface area contributed by atoms with Crippen LogP contribution in [0, 0.1) is 6.92 Å². The van der Waals surface area contributed by atoms with Crippen LogP contribution in [0.1, 0.15) is 21.6 Å². The van der Waals surface area contributed by atoms with Gasteiger partial charge in [-0.15, -0.1) is 11.3 Å². The van der Waals surface area contributed by atoms with Gasteiger partial charge in [-0.05, 0) is 48.1 Å². The molecule has 0 radical (unpaired) electrons. The molecule has 0 saturated carbocycles. The maximum absolute atomic E-state index is 13.4. The van der Waals surface area contributed by atoms with Crippen LogP contribution in [-0.4, -0.2) is 15.0 Å². The molecule has 0 atom stereocenters. The molecule has 1 aliphatic heterocycles. The van der Waals surface area contributed by atoms with Gasteiger partial charge < -0.3 is 0 Å². The Morgan fingerprint density at radius 3 is 2.72 bits per heavy atom. The van der Waals surface area contributed by atoms with Gasteiger partial charge in [0, 0.05) is 17.8 Å². The number of nitrogens with zero attached hydrogens (tertiary/aromatic N) is 1. The quantitative estimate of drug-likeness (QED) is 0.684. The van der Waals surface area contributed by atoms with Crippen molar-refractivity contribution in [3.05, 3.63) is 81.5 Å². The molecule has 0 unspecified atom stereocenters. The van der Waals surface area contributed by atoms with Crippen molar-refractivity contribution in [3.8, 4) is 0 Å². The van der Waals surface area contributed by atoms with Crippen molar-refractivity contribution in [1.82, 2.24) is 0 Å². The first-order valence-corrected chi connectivity index (χ1v) is 10.6. The second-order valence-corrected chi connectivity index (χ2v) is 9.19. The van der Waals surface area contributed by atoms with E-state index in [-0.39, 0.29) is 0 Å². The molecule has 0 fully saturated rings. The highest BCUT2D eigenvalue weighted by Crippen LogP contribution is 2.34. The van der Waals surface area contributed by atoms with Gasteiger partial charge >= 0.3 is 0 Å². The molecule has 0 saturated heterocycles. The van der Waals surface area contributed by atoms with E-state index >= 15 is 0 Å². The van der Waals surface area contributed by atoms with Gasteiger partial charge in [-0.2, -0.15) is 0 Å². The van der Waals surface area contributed by atoms with Crippen molar-refractivity contribution < 1.29 is 8.42 Å². The fourth-order valence-electron chi connectivity index (χ4n) is 3.38. The molecule has 0 aliphatic carbocycles. The highest BCUT2D eigenvalue weighted by Gasteiger charge is 2.32. The number of para-hydroxylation sites is 1.